The average molecular weight is 341 g/mol. The molecular formula is C20H27N3O2. The van der Waals surface area contributed by atoms with Crippen LogP contribution in [0.15, 0.2) is 30.3 Å². The summed E-state index contributed by atoms with van der Waals surface area (Å²) in [6.07, 6.45) is 2.03. The molecule has 5 heteroatoms. The number of amides is 1. The van der Waals surface area contributed by atoms with Gasteiger partial charge in [-0.2, -0.15) is 5.10 Å². The summed E-state index contributed by atoms with van der Waals surface area (Å²) in [5.74, 6) is 0.0367. The second-order valence-corrected chi connectivity index (χ2v) is 6.89. The van der Waals surface area contributed by atoms with Crippen molar-refractivity contribution in [2.75, 3.05) is 13.1 Å². The summed E-state index contributed by atoms with van der Waals surface area (Å²) < 4.78 is 6.02. The lowest BCUT2D eigenvalue weighted by Crippen LogP contribution is -2.42. The fraction of sp³-hybridized carbons (Fsp3) is 0.500. The Morgan fingerprint density at radius 1 is 1.28 bits per heavy atom. The predicted molar refractivity (Wildman–Crippen MR) is 97.3 cm³/mol. The van der Waals surface area contributed by atoms with Crippen molar-refractivity contribution in [1.29, 1.82) is 0 Å². The Kier molecular flexibility index (Phi) is 5.53. The number of piperidine rings is 1. The molecule has 0 spiro atoms. The standard InChI is InChI=1S/C20H27N3O2/c1-14(19-15(2)21-22-16(19)3)20(24)23-11-9-18(10-12-23)25-13-17-7-5-4-6-8-17/h4-8,14,18H,9-13H2,1-3H3,(H,21,22)/t14-/m1/s1. The number of hydrogen-bond donors (Lipinski definition) is 1. The van der Waals surface area contributed by atoms with E-state index >= 15 is 0 Å². The first-order valence-corrected chi connectivity index (χ1v) is 9.02. The molecule has 1 aliphatic heterocycles. The summed E-state index contributed by atoms with van der Waals surface area (Å²) in [6, 6.07) is 10.2. The van der Waals surface area contributed by atoms with Crippen LogP contribution in [0.2, 0.25) is 0 Å². The van der Waals surface area contributed by atoms with E-state index in [1.54, 1.807) is 0 Å². The number of aryl methyl sites for hydroxylation is 2. The van der Waals surface area contributed by atoms with Gasteiger partial charge in [0, 0.05) is 24.3 Å². The van der Waals surface area contributed by atoms with Crippen molar-refractivity contribution < 1.29 is 9.53 Å². The molecule has 2 aromatic rings. The zero-order valence-corrected chi connectivity index (χ0v) is 15.3. The number of nitrogens with zero attached hydrogens (tertiary/aromatic N) is 2. The Labute approximate surface area is 149 Å². The molecule has 1 fully saturated rings. The van der Waals surface area contributed by atoms with E-state index in [4.69, 9.17) is 4.74 Å². The Morgan fingerprint density at radius 2 is 1.96 bits per heavy atom. The second kappa shape index (κ2) is 7.83. The lowest BCUT2D eigenvalue weighted by molar-refractivity contribution is -0.135. The van der Waals surface area contributed by atoms with Crippen LogP contribution in [0.1, 0.15) is 48.2 Å². The number of nitrogens with one attached hydrogen (secondary N) is 1. The average Bonchev–Trinajstić information content (AvgIpc) is 2.98. The van der Waals surface area contributed by atoms with Crippen LogP contribution in [0, 0.1) is 13.8 Å². The van der Waals surface area contributed by atoms with Crippen LogP contribution in [0.25, 0.3) is 0 Å². The topological polar surface area (TPSA) is 58.2 Å². The third-order valence-corrected chi connectivity index (χ3v) is 5.07. The van der Waals surface area contributed by atoms with Crippen LogP contribution >= 0.6 is 0 Å². The molecule has 25 heavy (non-hydrogen) atoms. The summed E-state index contributed by atoms with van der Waals surface area (Å²) in [7, 11) is 0. The summed E-state index contributed by atoms with van der Waals surface area (Å²) in [5, 5.41) is 7.19. The molecule has 0 unspecified atom stereocenters. The molecule has 134 valence electrons. The smallest absolute Gasteiger partial charge is 0.229 e. The second-order valence-electron chi connectivity index (χ2n) is 6.89. The largest absolute Gasteiger partial charge is 0.373 e. The highest BCUT2D eigenvalue weighted by molar-refractivity contribution is 5.84. The van der Waals surface area contributed by atoms with Gasteiger partial charge in [-0.25, -0.2) is 0 Å². The van der Waals surface area contributed by atoms with Gasteiger partial charge in [0.2, 0.25) is 5.91 Å². The van der Waals surface area contributed by atoms with Gasteiger partial charge < -0.3 is 9.64 Å². The third-order valence-electron chi connectivity index (χ3n) is 5.07. The minimum atomic E-state index is -0.152. The summed E-state index contributed by atoms with van der Waals surface area (Å²) in [4.78, 5) is 14.8. The van der Waals surface area contributed by atoms with Crippen molar-refractivity contribution in [1.82, 2.24) is 15.1 Å². The molecule has 0 aliphatic carbocycles. The molecule has 1 aliphatic rings. The monoisotopic (exact) mass is 341 g/mol. The Hall–Kier alpha value is -2.14. The molecule has 1 aromatic heterocycles. The van der Waals surface area contributed by atoms with Crippen LogP contribution in [0.5, 0.6) is 0 Å². The number of H-pyrrole nitrogens is 1. The maximum absolute atomic E-state index is 12.8. The van der Waals surface area contributed by atoms with Gasteiger partial charge in [-0.05, 0) is 39.2 Å². The van der Waals surface area contributed by atoms with E-state index in [1.807, 2.05) is 43.9 Å². The van der Waals surface area contributed by atoms with Crippen molar-refractivity contribution in [3.63, 3.8) is 0 Å². The van der Waals surface area contributed by atoms with Crippen LogP contribution in [0.3, 0.4) is 0 Å². The predicted octanol–water partition coefficient (Wildman–Crippen LogP) is 3.34. The molecule has 1 saturated heterocycles. The van der Waals surface area contributed by atoms with E-state index < -0.39 is 0 Å². The lowest BCUT2D eigenvalue weighted by atomic mass is 9.96. The molecule has 1 atom stereocenters. The van der Waals surface area contributed by atoms with Gasteiger partial charge in [0.25, 0.3) is 0 Å². The molecule has 0 radical (unpaired) electrons. The minimum Gasteiger partial charge on any atom is -0.373 e. The van der Waals surface area contributed by atoms with E-state index in [0.717, 1.165) is 42.9 Å². The molecule has 3 rings (SSSR count). The third kappa shape index (κ3) is 4.10. The molecule has 0 saturated carbocycles. The highest BCUT2D eigenvalue weighted by Crippen LogP contribution is 2.25. The van der Waals surface area contributed by atoms with Gasteiger partial charge in [-0.3, -0.25) is 9.89 Å². The van der Waals surface area contributed by atoms with Gasteiger partial charge in [0.15, 0.2) is 0 Å². The van der Waals surface area contributed by atoms with Gasteiger partial charge in [-0.15, -0.1) is 0 Å². The van der Waals surface area contributed by atoms with Crippen molar-refractivity contribution in [2.45, 2.75) is 52.2 Å². The van der Waals surface area contributed by atoms with Crippen LogP contribution in [-0.4, -0.2) is 40.2 Å². The van der Waals surface area contributed by atoms with Crippen molar-refractivity contribution in [3.8, 4) is 0 Å². The highest BCUT2D eigenvalue weighted by Gasteiger charge is 2.29. The van der Waals surface area contributed by atoms with Gasteiger partial charge in [0.05, 0.1) is 24.3 Å². The molecular weight excluding hydrogens is 314 g/mol. The Bertz CT molecular complexity index is 683. The SMILES string of the molecule is Cc1n[nH]c(C)c1[C@@H](C)C(=O)N1CCC(OCc2ccccc2)CC1. The Balaban J connectivity index is 1.51. The van der Waals surface area contributed by atoms with E-state index in [-0.39, 0.29) is 17.9 Å². The zero-order valence-electron chi connectivity index (χ0n) is 15.3. The summed E-state index contributed by atoms with van der Waals surface area (Å²) in [6.45, 7) is 8.07. The van der Waals surface area contributed by atoms with Gasteiger partial charge in [-0.1, -0.05) is 30.3 Å². The van der Waals surface area contributed by atoms with Gasteiger partial charge in [0.1, 0.15) is 0 Å². The number of carbonyl (C=O) groups excluding carboxylic acids is 1. The maximum Gasteiger partial charge on any atom is 0.229 e. The first-order chi connectivity index (χ1) is 12.1. The molecule has 5 nitrogen and oxygen atoms in total. The van der Waals surface area contributed by atoms with Gasteiger partial charge >= 0.3 is 0 Å². The number of carbonyl (C=O) groups is 1. The molecule has 2 heterocycles. The number of aromatic nitrogens is 2. The number of likely N-dealkylation sites (tertiary alicyclic amines) is 1. The van der Waals surface area contributed by atoms with Crippen molar-refractivity contribution in [2.24, 2.45) is 0 Å². The molecule has 1 N–H and O–H groups in total. The number of aromatic amines is 1. The molecule has 1 amide bonds. The summed E-state index contributed by atoms with van der Waals surface area (Å²) >= 11 is 0. The highest BCUT2D eigenvalue weighted by atomic mass is 16.5. The summed E-state index contributed by atoms with van der Waals surface area (Å²) in [5.41, 5.74) is 4.13. The fourth-order valence-corrected chi connectivity index (χ4v) is 3.63. The van der Waals surface area contributed by atoms with E-state index in [1.165, 1.54) is 5.56 Å². The number of ether oxygens (including phenoxy) is 1. The first-order valence-electron chi connectivity index (χ1n) is 9.02. The normalized spacial score (nSPS) is 16.8. The number of benzene rings is 1. The zero-order chi connectivity index (χ0) is 17.8. The fourth-order valence-electron chi connectivity index (χ4n) is 3.63. The van der Waals surface area contributed by atoms with Crippen LogP contribution in [0.4, 0.5) is 0 Å². The molecule has 1 aromatic carbocycles. The quantitative estimate of drug-likeness (QED) is 0.907. The number of hydrogen-bond acceptors (Lipinski definition) is 3. The van der Waals surface area contributed by atoms with Crippen molar-refractivity contribution in [3.05, 3.63) is 52.8 Å². The number of rotatable bonds is 5. The first kappa shape index (κ1) is 17.7. The maximum atomic E-state index is 12.8. The van der Waals surface area contributed by atoms with E-state index in [2.05, 4.69) is 22.3 Å². The van der Waals surface area contributed by atoms with Crippen LogP contribution in [-0.2, 0) is 16.1 Å². The Morgan fingerprint density at radius 3 is 2.56 bits per heavy atom. The van der Waals surface area contributed by atoms with Crippen LogP contribution < -0.4 is 0 Å². The minimum absolute atomic E-state index is 0.152. The molecule has 0 bridgehead atoms. The van der Waals surface area contributed by atoms with E-state index in [9.17, 15) is 4.79 Å². The van der Waals surface area contributed by atoms with E-state index in [0.29, 0.717) is 6.61 Å². The lowest BCUT2D eigenvalue weighted by Gasteiger charge is -2.33. The van der Waals surface area contributed by atoms with Crippen molar-refractivity contribution >= 4 is 5.91 Å².